The fraction of sp³-hybridized carbons (Fsp3) is 0.500. The number of carbonyl (C=O) groups excluding carboxylic acids is 3. The lowest BCUT2D eigenvalue weighted by atomic mass is 9.95. The van der Waals surface area contributed by atoms with Gasteiger partial charge in [-0.2, -0.15) is 0 Å². The Hall–Kier alpha value is -2.08. The Kier molecular flexibility index (Phi) is 6.82. The number of rotatable bonds is 5. The zero-order valence-electron chi connectivity index (χ0n) is 14.6. The van der Waals surface area contributed by atoms with E-state index in [0.29, 0.717) is 16.3 Å². The molecule has 1 saturated carbocycles. The van der Waals surface area contributed by atoms with Gasteiger partial charge in [0.1, 0.15) is 0 Å². The van der Waals surface area contributed by atoms with Crippen LogP contribution in [0.5, 0.6) is 0 Å². The second-order valence-corrected chi connectivity index (χ2v) is 6.83. The maximum Gasteiger partial charge on any atom is 0.253 e. The lowest BCUT2D eigenvalue weighted by Crippen LogP contribution is -2.36. The molecule has 0 heterocycles. The van der Waals surface area contributed by atoms with E-state index in [2.05, 4.69) is 10.6 Å². The normalized spacial score (nSPS) is 14.7. The molecule has 0 unspecified atom stereocenters. The molecule has 6 nitrogen and oxygen atoms in total. The van der Waals surface area contributed by atoms with Gasteiger partial charge in [-0.15, -0.1) is 0 Å². The van der Waals surface area contributed by atoms with Crippen LogP contribution in [0, 0.1) is 0 Å². The number of nitrogens with one attached hydrogen (secondary N) is 2. The molecule has 7 heteroatoms. The molecule has 0 bridgehead atoms. The Morgan fingerprint density at radius 1 is 1.20 bits per heavy atom. The van der Waals surface area contributed by atoms with Crippen molar-refractivity contribution in [1.29, 1.82) is 0 Å². The second kappa shape index (κ2) is 8.85. The molecule has 1 aliphatic rings. The Bertz CT molecular complexity index is 657. The van der Waals surface area contributed by atoms with E-state index in [9.17, 15) is 14.4 Å². The lowest BCUT2D eigenvalue weighted by Gasteiger charge is -2.23. The van der Waals surface area contributed by atoms with Gasteiger partial charge < -0.3 is 15.5 Å². The van der Waals surface area contributed by atoms with Crippen LogP contribution in [-0.4, -0.2) is 42.3 Å². The SMILES string of the molecule is CC(=O)N(C)CC(=O)Nc1ccc(Cl)c(C(=O)NC2CCCCC2)c1. The Labute approximate surface area is 152 Å². The number of nitrogens with zero attached hydrogens (tertiary/aromatic N) is 1. The minimum Gasteiger partial charge on any atom is -0.349 e. The Morgan fingerprint density at radius 2 is 1.88 bits per heavy atom. The third kappa shape index (κ3) is 5.74. The lowest BCUT2D eigenvalue weighted by molar-refractivity contribution is -0.131. The van der Waals surface area contributed by atoms with E-state index in [-0.39, 0.29) is 30.3 Å². The zero-order valence-corrected chi connectivity index (χ0v) is 15.4. The molecule has 1 aromatic carbocycles. The van der Waals surface area contributed by atoms with Gasteiger partial charge in [-0.3, -0.25) is 14.4 Å². The van der Waals surface area contributed by atoms with Gasteiger partial charge in [0.2, 0.25) is 11.8 Å². The minimum absolute atomic E-state index is 0.0540. The largest absolute Gasteiger partial charge is 0.349 e. The van der Waals surface area contributed by atoms with Crippen LogP contribution < -0.4 is 10.6 Å². The number of hydrogen-bond donors (Lipinski definition) is 2. The summed E-state index contributed by atoms with van der Waals surface area (Å²) < 4.78 is 0. The topological polar surface area (TPSA) is 78.5 Å². The van der Waals surface area contributed by atoms with Gasteiger partial charge in [0.05, 0.1) is 17.1 Å². The van der Waals surface area contributed by atoms with Crippen LogP contribution in [0.25, 0.3) is 0 Å². The van der Waals surface area contributed by atoms with E-state index in [0.717, 1.165) is 25.7 Å². The molecule has 0 aliphatic heterocycles. The quantitative estimate of drug-likeness (QED) is 0.842. The van der Waals surface area contributed by atoms with Gasteiger partial charge in [-0.05, 0) is 31.0 Å². The van der Waals surface area contributed by atoms with Crippen molar-refractivity contribution in [3.63, 3.8) is 0 Å². The summed E-state index contributed by atoms with van der Waals surface area (Å²) >= 11 is 6.14. The van der Waals surface area contributed by atoms with Crippen LogP contribution in [0.15, 0.2) is 18.2 Å². The molecule has 3 amide bonds. The molecule has 1 aliphatic carbocycles. The second-order valence-electron chi connectivity index (χ2n) is 6.43. The van der Waals surface area contributed by atoms with Crippen molar-refractivity contribution < 1.29 is 14.4 Å². The van der Waals surface area contributed by atoms with E-state index >= 15 is 0 Å². The third-order valence-electron chi connectivity index (χ3n) is 4.35. The molecule has 0 atom stereocenters. The van der Waals surface area contributed by atoms with E-state index < -0.39 is 0 Å². The summed E-state index contributed by atoms with van der Waals surface area (Å²) in [7, 11) is 1.55. The highest BCUT2D eigenvalue weighted by molar-refractivity contribution is 6.34. The summed E-state index contributed by atoms with van der Waals surface area (Å²) in [6.45, 7) is 1.34. The number of anilines is 1. The average molecular weight is 366 g/mol. The predicted octanol–water partition coefficient (Wildman–Crippen LogP) is 2.82. The van der Waals surface area contributed by atoms with Crippen molar-refractivity contribution in [3.05, 3.63) is 28.8 Å². The summed E-state index contributed by atoms with van der Waals surface area (Å²) in [6, 6.07) is 4.96. The number of carbonyl (C=O) groups is 3. The first-order valence-electron chi connectivity index (χ1n) is 8.49. The molecule has 0 aromatic heterocycles. The van der Waals surface area contributed by atoms with Crippen LogP contribution >= 0.6 is 11.6 Å². The maximum atomic E-state index is 12.5. The minimum atomic E-state index is -0.335. The van der Waals surface area contributed by atoms with Crippen molar-refractivity contribution in [1.82, 2.24) is 10.2 Å². The van der Waals surface area contributed by atoms with Gasteiger partial charge in [0.15, 0.2) is 0 Å². The van der Waals surface area contributed by atoms with Gasteiger partial charge in [-0.25, -0.2) is 0 Å². The van der Waals surface area contributed by atoms with Crippen molar-refractivity contribution in [2.24, 2.45) is 0 Å². The number of halogens is 1. The van der Waals surface area contributed by atoms with Gasteiger partial charge in [0.25, 0.3) is 5.91 Å². The molecular weight excluding hydrogens is 342 g/mol. The van der Waals surface area contributed by atoms with Crippen LogP contribution in [0.2, 0.25) is 5.02 Å². The fourth-order valence-corrected chi connectivity index (χ4v) is 3.02. The van der Waals surface area contributed by atoms with Gasteiger partial charge >= 0.3 is 0 Å². The molecular formula is C18H24ClN3O3. The van der Waals surface area contributed by atoms with Crippen LogP contribution in [-0.2, 0) is 9.59 Å². The van der Waals surface area contributed by atoms with Crippen molar-refractivity contribution in [2.75, 3.05) is 18.9 Å². The molecule has 2 rings (SSSR count). The third-order valence-corrected chi connectivity index (χ3v) is 4.68. The summed E-state index contributed by atoms with van der Waals surface area (Å²) in [5.74, 6) is -0.758. The molecule has 1 fully saturated rings. The number of hydrogen-bond acceptors (Lipinski definition) is 3. The summed E-state index contributed by atoms with van der Waals surface area (Å²) in [5, 5.41) is 6.04. The number of amides is 3. The Morgan fingerprint density at radius 3 is 2.52 bits per heavy atom. The van der Waals surface area contributed by atoms with Crippen LogP contribution in [0.1, 0.15) is 49.4 Å². The van der Waals surface area contributed by atoms with Crippen molar-refractivity contribution >= 4 is 35.0 Å². The van der Waals surface area contributed by atoms with Crippen LogP contribution in [0.3, 0.4) is 0 Å². The number of benzene rings is 1. The summed E-state index contributed by atoms with van der Waals surface area (Å²) in [5.41, 5.74) is 0.810. The first kappa shape index (κ1) is 19.2. The molecule has 0 radical (unpaired) electrons. The average Bonchev–Trinajstić information content (AvgIpc) is 2.57. The standard InChI is InChI=1S/C18H24ClN3O3/c1-12(23)22(2)11-17(24)20-14-8-9-16(19)15(10-14)18(25)21-13-6-4-3-5-7-13/h8-10,13H,3-7,11H2,1-2H3,(H,20,24)(H,21,25). The molecule has 25 heavy (non-hydrogen) atoms. The molecule has 1 aromatic rings. The van der Waals surface area contributed by atoms with Gasteiger partial charge in [0, 0.05) is 25.7 Å². The van der Waals surface area contributed by atoms with Crippen molar-refractivity contribution in [3.8, 4) is 0 Å². The molecule has 0 saturated heterocycles. The Balaban J connectivity index is 2.02. The highest BCUT2D eigenvalue weighted by atomic mass is 35.5. The fourth-order valence-electron chi connectivity index (χ4n) is 2.81. The summed E-state index contributed by atoms with van der Waals surface area (Å²) in [6.07, 6.45) is 5.43. The highest BCUT2D eigenvalue weighted by Gasteiger charge is 2.19. The van der Waals surface area contributed by atoms with Crippen molar-refractivity contribution in [2.45, 2.75) is 45.1 Å². The van der Waals surface area contributed by atoms with E-state index in [1.165, 1.54) is 18.2 Å². The monoisotopic (exact) mass is 365 g/mol. The molecule has 2 N–H and O–H groups in total. The van der Waals surface area contributed by atoms with Crippen LogP contribution in [0.4, 0.5) is 5.69 Å². The smallest absolute Gasteiger partial charge is 0.253 e. The summed E-state index contributed by atoms with van der Waals surface area (Å²) in [4.78, 5) is 36.9. The maximum absolute atomic E-state index is 12.5. The van der Waals surface area contributed by atoms with Gasteiger partial charge in [-0.1, -0.05) is 30.9 Å². The number of likely N-dealkylation sites (N-methyl/N-ethyl adjacent to an activating group) is 1. The zero-order chi connectivity index (χ0) is 18.4. The molecule has 136 valence electrons. The molecule has 0 spiro atoms. The first-order valence-corrected chi connectivity index (χ1v) is 8.86. The van der Waals surface area contributed by atoms with E-state index in [1.807, 2.05) is 0 Å². The van der Waals surface area contributed by atoms with E-state index in [4.69, 9.17) is 11.6 Å². The highest BCUT2D eigenvalue weighted by Crippen LogP contribution is 2.22. The van der Waals surface area contributed by atoms with E-state index in [1.54, 1.807) is 25.2 Å². The first-order chi connectivity index (χ1) is 11.9. The predicted molar refractivity (Wildman–Crippen MR) is 97.7 cm³/mol.